The smallest absolute Gasteiger partial charge is 0.129 e. The fraction of sp³-hybridized carbons (Fsp3) is 0.800. The molecule has 0 fully saturated rings. The number of rotatable bonds is 5. The summed E-state index contributed by atoms with van der Waals surface area (Å²) in [6, 6.07) is 0. The highest BCUT2D eigenvalue weighted by molar-refractivity contribution is 6.83. The lowest BCUT2D eigenvalue weighted by atomic mass is 10.2. The summed E-state index contributed by atoms with van der Waals surface area (Å²) >= 11 is 0. The molecule has 3 N–H and O–H groups in total. The third kappa shape index (κ3) is 9.74. The van der Waals surface area contributed by atoms with Crippen molar-refractivity contribution in [2.75, 3.05) is 19.7 Å². The molecule has 0 unspecified atom stereocenters. The predicted molar refractivity (Wildman–Crippen MR) is 61.7 cm³/mol. The van der Waals surface area contributed by atoms with Crippen LogP contribution in [0.25, 0.3) is 0 Å². The van der Waals surface area contributed by atoms with Crippen LogP contribution in [0.5, 0.6) is 0 Å². The molecule has 0 aromatic carbocycles. The SMILES string of the molecule is C[Si](C)(C)C#CC[C@H](O)CNCCO. The lowest BCUT2D eigenvalue weighted by Gasteiger charge is -2.08. The molecule has 82 valence electrons. The van der Waals surface area contributed by atoms with Gasteiger partial charge in [-0.3, -0.25) is 0 Å². The Morgan fingerprint density at radius 1 is 1.36 bits per heavy atom. The van der Waals surface area contributed by atoms with Gasteiger partial charge in [-0.25, -0.2) is 0 Å². The first-order valence-electron chi connectivity index (χ1n) is 4.95. The van der Waals surface area contributed by atoms with Gasteiger partial charge in [-0.15, -0.1) is 11.5 Å². The minimum atomic E-state index is -1.29. The molecule has 0 saturated carbocycles. The van der Waals surface area contributed by atoms with E-state index >= 15 is 0 Å². The first-order valence-corrected chi connectivity index (χ1v) is 8.45. The Balaban J connectivity index is 3.61. The lowest BCUT2D eigenvalue weighted by Crippen LogP contribution is -2.28. The molecule has 0 aliphatic heterocycles. The largest absolute Gasteiger partial charge is 0.395 e. The number of aliphatic hydroxyl groups is 2. The zero-order valence-electron chi connectivity index (χ0n) is 9.30. The fourth-order valence-electron chi connectivity index (χ4n) is 0.854. The third-order valence-electron chi connectivity index (χ3n) is 1.47. The monoisotopic (exact) mass is 215 g/mol. The summed E-state index contributed by atoms with van der Waals surface area (Å²) in [5.41, 5.74) is 3.19. The molecule has 0 aliphatic carbocycles. The van der Waals surface area contributed by atoms with Gasteiger partial charge < -0.3 is 15.5 Å². The molecule has 4 heteroatoms. The van der Waals surface area contributed by atoms with Crippen LogP contribution in [0.15, 0.2) is 0 Å². The number of nitrogens with one attached hydrogen (secondary N) is 1. The minimum absolute atomic E-state index is 0.104. The van der Waals surface area contributed by atoms with Crippen molar-refractivity contribution in [3.63, 3.8) is 0 Å². The molecule has 0 saturated heterocycles. The van der Waals surface area contributed by atoms with Gasteiger partial charge in [0.05, 0.1) is 12.7 Å². The Labute approximate surface area is 87.5 Å². The maximum absolute atomic E-state index is 9.44. The van der Waals surface area contributed by atoms with Crippen molar-refractivity contribution in [1.29, 1.82) is 0 Å². The summed E-state index contributed by atoms with van der Waals surface area (Å²) in [5, 5.41) is 20.9. The van der Waals surface area contributed by atoms with Crippen LogP contribution in [0.4, 0.5) is 0 Å². The quantitative estimate of drug-likeness (QED) is 0.349. The molecule has 0 aliphatic rings. The second kappa shape index (κ2) is 7.02. The second-order valence-corrected chi connectivity index (χ2v) is 9.09. The van der Waals surface area contributed by atoms with Crippen molar-refractivity contribution in [1.82, 2.24) is 5.32 Å². The molecule has 0 aromatic heterocycles. The van der Waals surface area contributed by atoms with Crippen molar-refractivity contribution in [2.24, 2.45) is 0 Å². The van der Waals surface area contributed by atoms with E-state index < -0.39 is 14.2 Å². The van der Waals surface area contributed by atoms with E-state index in [1.165, 1.54) is 0 Å². The van der Waals surface area contributed by atoms with Crippen LogP contribution in [-0.4, -0.2) is 44.1 Å². The van der Waals surface area contributed by atoms with Gasteiger partial charge in [0.2, 0.25) is 0 Å². The first kappa shape index (κ1) is 13.7. The third-order valence-corrected chi connectivity index (χ3v) is 2.40. The standard InChI is InChI=1S/C10H21NO2Si/c1-14(2,3)8-4-5-10(13)9-11-6-7-12/h10-13H,5-7,9H2,1-3H3/t10-/m0/s1. The van der Waals surface area contributed by atoms with Crippen LogP contribution < -0.4 is 5.32 Å². The van der Waals surface area contributed by atoms with Crippen molar-refractivity contribution in [3.05, 3.63) is 0 Å². The summed E-state index contributed by atoms with van der Waals surface area (Å²) in [5.74, 6) is 3.01. The maximum Gasteiger partial charge on any atom is 0.129 e. The van der Waals surface area contributed by atoms with Crippen molar-refractivity contribution >= 4 is 8.07 Å². The topological polar surface area (TPSA) is 52.5 Å². The van der Waals surface area contributed by atoms with Crippen LogP contribution in [0.2, 0.25) is 19.6 Å². The van der Waals surface area contributed by atoms with Crippen molar-refractivity contribution in [2.45, 2.75) is 32.2 Å². The maximum atomic E-state index is 9.44. The molecule has 0 spiro atoms. The number of hydrogen-bond acceptors (Lipinski definition) is 3. The van der Waals surface area contributed by atoms with E-state index in [0.717, 1.165) is 0 Å². The molecule has 0 aromatic rings. The Kier molecular flexibility index (Phi) is 6.84. The molecule has 0 radical (unpaired) electrons. The van der Waals surface area contributed by atoms with Crippen LogP contribution in [0.1, 0.15) is 6.42 Å². The average molecular weight is 215 g/mol. The Morgan fingerprint density at radius 3 is 2.50 bits per heavy atom. The summed E-state index contributed by atoms with van der Waals surface area (Å²) in [6.45, 7) is 7.66. The number of aliphatic hydroxyl groups excluding tert-OH is 2. The van der Waals surface area contributed by atoms with E-state index in [4.69, 9.17) is 5.11 Å². The predicted octanol–water partition coefficient (Wildman–Crippen LogP) is 0.200. The van der Waals surface area contributed by atoms with E-state index in [-0.39, 0.29) is 6.61 Å². The molecule has 0 heterocycles. The average Bonchev–Trinajstić information content (AvgIpc) is 2.02. The first-order chi connectivity index (χ1) is 6.45. The lowest BCUT2D eigenvalue weighted by molar-refractivity contribution is 0.173. The fourth-order valence-corrected chi connectivity index (χ4v) is 1.49. The number of hydrogen-bond donors (Lipinski definition) is 3. The zero-order chi connectivity index (χ0) is 11.0. The van der Waals surface area contributed by atoms with E-state index in [9.17, 15) is 5.11 Å². The van der Waals surface area contributed by atoms with Crippen molar-refractivity contribution < 1.29 is 10.2 Å². The van der Waals surface area contributed by atoms with E-state index in [1.54, 1.807) is 0 Å². The van der Waals surface area contributed by atoms with Gasteiger partial charge in [0, 0.05) is 19.5 Å². The molecular formula is C10H21NO2Si. The van der Waals surface area contributed by atoms with E-state index in [1.807, 2.05) is 0 Å². The van der Waals surface area contributed by atoms with Gasteiger partial charge in [-0.05, 0) is 0 Å². The van der Waals surface area contributed by atoms with Gasteiger partial charge in [0.15, 0.2) is 0 Å². The molecule has 14 heavy (non-hydrogen) atoms. The van der Waals surface area contributed by atoms with Gasteiger partial charge in [-0.1, -0.05) is 19.6 Å². The molecule has 3 nitrogen and oxygen atoms in total. The minimum Gasteiger partial charge on any atom is -0.395 e. The summed E-state index contributed by atoms with van der Waals surface area (Å²) < 4.78 is 0. The van der Waals surface area contributed by atoms with E-state index in [0.29, 0.717) is 19.5 Å². The normalized spacial score (nSPS) is 13.2. The highest BCUT2D eigenvalue weighted by atomic mass is 28.3. The van der Waals surface area contributed by atoms with Crippen molar-refractivity contribution in [3.8, 4) is 11.5 Å². The summed E-state index contributed by atoms with van der Waals surface area (Å²) in [7, 11) is -1.29. The van der Waals surface area contributed by atoms with Crippen LogP contribution in [-0.2, 0) is 0 Å². The second-order valence-electron chi connectivity index (χ2n) is 4.34. The molecular weight excluding hydrogens is 194 g/mol. The zero-order valence-corrected chi connectivity index (χ0v) is 10.3. The molecule has 1 atom stereocenters. The Hall–Kier alpha value is -0.343. The highest BCUT2D eigenvalue weighted by Gasteiger charge is 2.07. The van der Waals surface area contributed by atoms with Gasteiger partial charge in [-0.2, -0.15) is 0 Å². The Morgan fingerprint density at radius 2 is 2.00 bits per heavy atom. The molecule has 0 rings (SSSR count). The van der Waals surface area contributed by atoms with Crippen LogP contribution in [0, 0.1) is 11.5 Å². The highest BCUT2D eigenvalue weighted by Crippen LogP contribution is 1.97. The summed E-state index contributed by atoms with van der Waals surface area (Å²) in [6.07, 6.45) is 0.0910. The van der Waals surface area contributed by atoms with Gasteiger partial charge in [0.25, 0.3) is 0 Å². The van der Waals surface area contributed by atoms with Crippen LogP contribution in [0.3, 0.4) is 0 Å². The van der Waals surface area contributed by atoms with Gasteiger partial charge >= 0.3 is 0 Å². The summed E-state index contributed by atoms with van der Waals surface area (Å²) in [4.78, 5) is 0. The molecule has 0 bridgehead atoms. The van der Waals surface area contributed by atoms with Gasteiger partial charge in [0.1, 0.15) is 8.07 Å². The Bertz CT molecular complexity index is 202. The van der Waals surface area contributed by atoms with Crippen LogP contribution >= 0.6 is 0 Å². The molecule has 0 amide bonds. The van der Waals surface area contributed by atoms with E-state index in [2.05, 4.69) is 36.4 Å².